The second-order valence-corrected chi connectivity index (χ2v) is 20.7. The molecule has 0 atom stereocenters. The number of aromatic nitrogens is 2. The maximum Gasteiger partial charge on any atom is 0.414 e. The van der Waals surface area contributed by atoms with Gasteiger partial charge in [0.2, 0.25) is 23.7 Å². The predicted molar refractivity (Wildman–Crippen MR) is 248 cm³/mol. The van der Waals surface area contributed by atoms with Crippen molar-refractivity contribution in [2.24, 2.45) is 9.98 Å². The molecule has 2 aromatic rings. The highest BCUT2D eigenvalue weighted by Gasteiger charge is 2.22. The van der Waals surface area contributed by atoms with Crippen molar-refractivity contribution in [3.8, 4) is 0 Å². The average molecular weight is 937 g/mol. The van der Waals surface area contributed by atoms with Crippen LogP contribution in [0.25, 0.3) is 0 Å². The quantitative estimate of drug-likeness (QED) is 0.0429. The Morgan fingerprint density at radius 3 is 1.11 bits per heavy atom. The standard InChI is InChI=1S/C42H68N10O10S2/c1-25-27(63-33(45-25)51-37(57)61-41(9,10)11)19-17-23-43-31(49-35(55)59-39(3,4)5)47-29(53)21-15-16-22-30(54)48-32(50-36(56)60-40(6,7)8)44-24-18-20-28-26(2)46-34(64-28)52-38(58)62-42(12,13)14/h15-24H2,1-14H3,(H,45,51,57)(H,46,52,58)(H2,43,47,49,53,55)(H2,44,48,50,54,56). The van der Waals surface area contributed by atoms with Crippen molar-refractivity contribution in [3.63, 3.8) is 0 Å². The number of hydrogen-bond donors (Lipinski definition) is 6. The van der Waals surface area contributed by atoms with Crippen molar-refractivity contribution < 1.29 is 47.7 Å². The van der Waals surface area contributed by atoms with Crippen molar-refractivity contribution in [1.29, 1.82) is 0 Å². The van der Waals surface area contributed by atoms with Crippen LogP contribution >= 0.6 is 22.7 Å². The first kappa shape index (κ1) is 54.8. The van der Waals surface area contributed by atoms with Gasteiger partial charge in [0.25, 0.3) is 0 Å². The number of nitrogens with zero attached hydrogens (tertiary/aromatic N) is 4. The third kappa shape index (κ3) is 25.1. The molecule has 0 radical (unpaired) electrons. The zero-order valence-electron chi connectivity index (χ0n) is 39.8. The summed E-state index contributed by atoms with van der Waals surface area (Å²) in [6, 6.07) is 0. The fourth-order valence-electron chi connectivity index (χ4n) is 5.05. The van der Waals surface area contributed by atoms with E-state index in [0.717, 1.165) is 21.1 Å². The van der Waals surface area contributed by atoms with Crippen LogP contribution in [0.3, 0.4) is 0 Å². The van der Waals surface area contributed by atoms with Crippen molar-refractivity contribution in [2.45, 2.75) is 171 Å². The number of alkyl carbamates (subject to hydrolysis) is 2. The van der Waals surface area contributed by atoms with Crippen LogP contribution < -0.4 is 31.9 Å². The molecule has 2 aromatic heterocycles. The molecule has 6 N–H and O–H groups in total. The van der Waals surface area contributed by atoms with Crippen molar-refractivity contribution in [1.82, 2.24) is 31.2 Å². The van der Waals surface area contributed by atoms with Gasteiger partial charge in [0, 0.05) is 35.7 Å². The van der Waals surface area contributed by atoms with Crippen molar-refractivity contribution >= 4 is 81.0 Å². The van der Waals surface area contributed by atoms with Crippen LogP contribution in [-0.4, -0.2) is 93.6 Å². The summed E-state index contributed by atoms with van der Waals surface area (Å²) in [7, 11) is 0. The van der Waals surface area contributed by atoms with Gasteiger partial charge in [0.05, 0.1) is 11.4 Å². The lowest BCUT2D eigenvalue weighted by Crippen LogP contribution is -2.46. The molecule has 0 saturated carbocycles. The molecule has 358 valence electrons. The summed E-state index contributed by atoms with van der Waals surface area (Å²) >= 11 is 2.65. The number of rotatable bonds is 15. The summed E-state index contributed by atoms with van der Waals surface area (Å²) in [5.41, 5.74) is -1.39. The maximum atomic E-state index is 13.0. The zero-order chi connectivity index (χ0) is 48.5. The first-order valence-corrected chi connectivity index (χ1v) is 22.7. The molecule has 2 rings (SSSR count). The number of carbonyl (C=O) groups is 6. The molecule has 0 aromatic carbocycles. The number of amides is 6. The molecular formula is C42H68N10O10S2. The summed E-state index contributed by atoms with van der Waals surface area (Å²) in [6.45, 7) is 25.0. The molecule has 0 bridgehead atoms. The number of hydrogen-bond acceptors (Lipinski definition) is 16. The first-order chi connectivity index (χ1) is 29.4. The van der Waals surface area contributed by atoms with Gasteiger partial charge in [-0.15, -0.1) is 22.7 Å². The molecule has 0 aliphatic heterocycles. The lowest BCUT2D eigenvalue weighted by Gasteiger charge is -2.20. The number of aliphatic imine (C=N–C) groups is 2. The van der Waals surface area contributed by atoms with Gasteiger partial charge < -0.3 is 18.9 Å². The van der Waals surface area contributed by atoms with E-state index in [1.165, 1.54) is 22.7 Å². The molecule has 0 aliphatic carbocycles. The lowest BCUT2D eigenvalue weighted by atomic mass is 10.2. The van der Waals surface area contributed by atoms with E-state index in [2.05, 4.69) is 51.9 Å². The molecule has 0 spiro atoms. The van der Waals surface area contributed by atoms with Crippen LogP contribution in [0.4, 0.5) is 29.4 Å². The fourth-order valence-corrected chi connectivity index (χ4v) is 7.03. The van der Waals surface area contributed by atoms with Crippen LogP contribution in [-0.2, 0) is 41.4 Å². The number of ether oxygens (including phenoxy) is 4. The van der Waals surface area contributed by atoms with Crippen LogP contribution in [0.15, 0.2) is 9.98 Å². The van der Waals surface area contributed by atoms with Gasteiger partial charge in [-0.25, -0.2) is 29.1 Å². The molecule has 64 heavy (non-hydrogen) atoms. The second kappa shape index (κ2) is 24.6. The highest BCUT2D eigenvalue weighted by atomic mass is 32.1. The van der Waals surface area contributed by atoms with Gasteiger partial charge >= 0.3 is 24.4 Å². The Morgan fingerprint density at radius 2 is 0.797 bits per heavy atom. The molecule has 2 heterocycles. The summed E-state index contributed by atoms with van der Waals surface area (Å²) in [5.74, 6) is -1.04. The molecule has 22 heteroatoms. The minimum absolute atomic E-state index is 0.0128. The Hall–Kier alpha value is -5.38. The van der Waals surface area contributed by atoms with Crippen LogP contribution in [0.2, 0.25) is 0 Å². The van der Waals surface area contributed by atoms with Crippen LogP contribution in [0.5, 0.6) is 0 Å². The highest BCUT2D eigenvalue weighted by molar-refractivity contribution is 7.16. The number of nitrogens with one attached hydrogen (secondary N) is 6. The predicted octanol–water partition coefficient (Wildman–Crippen LogP) is 8.03. The Balaban J connectivity index is 1.97. The molecular weight excluding hydrogens is 869 g/mol. The summed E-state index contributed by atoms with van der Waals surface area (Å²) in [6.07, 6.45) is 0.0873. The van der Waals surface area contributed by atoms with E-state index < -0.39 is 58.6 Å². The summed E-state index contributed by atoms with van der Waals surface area (Å²) in [4.78, 5) is 95.0. The average Bonchev–Trinajstić information content (AvgIpc) is 3.62. The lowest BCUT2D eigenvalue weighted by molar-refractivity contribution is -0.121. The normalized spacial score (nSPS) is 12.5. The fraction of sp³-hybridized carbons (Fsp3) is 0.667. The number of carbonyl (C=O) groups excluding carboxylic acids is 6. The monoisotopic (exact) mass is 936 g/mol. The number of unbranched alkanes of at least 4 members (excludes halogenated alkanes) is 1. The molecule has 0 unspecified atom stereocenters. The van der Waals surface area contributed by atoms with Crippen molar-refractivity contribution in [2.75, 3.05) is 23.7 Å². The molecule has 6 amide bonds. The second-order valence-electron chi connectivity index (χ2n) is 18.5. The minimum atomic E-state index is -0.795. The number of guanidine groups is 2. The van der Waals surface area contributed by atoms with E-state index in [1.54, 1.807) is 83.1 Å². The Morgan fingerprint density at radius 1 is 0.484 bits per heavy atom. The SMILES string of the molecule is Cc1nc(NC(=O)OC(C)(C)C)sc1CCCN=C(NC(=O)CCCCC(=O)NC(=NCCCc1sc(NC(=O)OC(C)(C)C)nc1C)NC(=O)OC(C)(C)C)NC(=O)OC(C)(C)C. The number of anilines is 2. The van der Waals surface area contributed by atoms with E-state index in [-0.39, 0.29) is 37.9 Å². The Kier molecular flexibility index (Phi) is 21.1. The molecule has 0 saturated heterocycles. The van der Waals surface area contributed by atoms with Crippen LogP contribution in [0, 0.1) is 13.8 Å². The Labute approximate surface area is 384 Å². The first-order valence-electron chi connectivity index (χ1n) is 21.1. The topological polar surface area (TPSA) is 262 Å². The maximum absolute atomic E-state index is 13.0. The number of thiazole rings is 2. The van der Waals surface area contributed by atoms with E-state index in [1.807, 2.05) is 13.8 Å². The highest BCUT2D eigenvalue weighted by Crippen LogP contribution is 2.26. The van der Waals surface area contributed by atoms with Gasteiger partial charge in [-0.2, -0.15) is 0 Å². The zero-order valence-corrected chi connectivity index (χ0v) is 41.4. The summed E-state index contributed by atoms with van der Waals surface area (Å²) < 4.78 is 21.3. The van der Waals surface area contributed by atoms with E-state index in [9.17, 15) is 28.8 Å². The molecule has 0 fully saturated rings. The minimum Gasteiger partial charge on any atom is -0.444 e. The van der Waals surface area contributed by atoms with Crippen molar-refractivity contribution in [3.05, 3.63) is 21.1 Å². The van der Waals surface area contributed by atoms with Gasteiger partial charge in [-0.05, 0) is 135 Å². The largest absolute Gasteiger partial charge is 0.444 e. The van der Waals surface area contributed by atoms with E-state index >= 15 is 0 Å². The molecule has 0 aliphatic rings. The third-order valence-corrected chi connectivity index (χ3v) is 9.74. The van der Waals surface area contributed by atoms with Crippen LogP contribution in [0.1, 0.15) is 143 Å². The van der Waals surface area contributed by atoms with Gasteiger partial charge in [-0.1, -0.05) is 0 Å². The smallest absolute Gasteiger partial charge is 0.414 e. The van der Waals surface area contributed by atoms with Gasteiger partial charge in [0.1, 0.15) is 22.4 Å². The number of aryl methyl sites for hydroxylation is 4. The third-order valence-electron chi connectivity index (χ3n) is 7.48. The van der Waals surface area contributed by atoms with E-state index in [0.29, 0.717) is 48.8 Å². The summed E-state index contributed by atoms with van der Waals surface area (Å²) in [5, 5.41) is 16.4. The van der Waals surface area contributed by atoms with Gasteiger partial charge in [-0.3, -0.25) is 51.5 Å². The molecule has 20 nitrogen and oxygen atoms in total. The van der Waals surface area contributed by atoms with Gasteiger partial charge in [0.15, 0.2) is 10.3 Å². The Bertz CT molecular complexity index is 1840. The van der Waals surface area contributed by atoms with E-state index in [4.69, 9.17) is 18.9 Å².